The zero-order valence-corrected chi connectivity index (χ0v) is 17.4. The molecule has 158 valence electrons. The first-order valence-electron chi connectivity index (χ1n) is 9.90. The van der Waals surface area contributed by atoms with Crippen LogP contribution in [-0.4, -0.2) is 29.3 Å². The number of carbonyl (C=O) groups excluding carboxylic acids is 3. The third kappa shape index (κ3) is 5.36. The van der Waals surface area contributed by atoms with Crippen molar-refractivity contribution in [3.63, 3.8) is 0 Å². The maximum absolute atomic E-state index is 13.3. The lowest BCUT2D eigenvalue weighted by molar-refractivity contribution is -0.126. The molecule has 0 N–H and O–H groups in total. The minimum Gasteiger partial charge on any atom is -0.462 e. The summed E-state index contributed by atoms with van der Waals surface area (Å²) in [4.78, 5) is 39.1. The highest BCUT2D eigenvalue weighted by Crippen LogP contribution is 2.27. The van der Waals surface area contributed by atoms with E-state index in [1.807, 2.05) is 18.2 Å². The quantitative estimate of drug-likeness (QED) is 0.514. The molecule has 3 aromatic rings. The Morgan fingerprint density at radius 3 is 2.10 bits per heavy atom. The van der Waals surface area contributed by atoms with Gasteiger partial charge in [-0.1, -0.05) is 48.5 Å². The van der Waals surface area contributed by atoms with Crippen LogP contribution in [0.15, 0.2) is 78.9 Å². The summed E-state index contributed by atoms with van der Waals surface area (Å²) in [5.41, 5.74) is 1.08. The van der Waals surface area contributed by atoms with Gasteiger partial charge in [0.2, 0.25) is 5.91 Å². The minimum absolute atomic E-state index is 0.0666. The molecule has 0 bridgehead atoms. The molecule has 6 nitrogen and oxygen atoms in total. The van der Waals surface area contributed by atoms with Crippen LogP contribution in [0.1, 0.15) is 40.1 Å². The minimum atomic E-state index is -0.516. The van der Waals surface area contributed by atoms with Crippen molar-refractivity contribution in [2.24, 2.45) is 0 Å². The lowest BCUT2D eigenvalue weighted by atomic mass is 10.1. The lowest BCUT2D eigenvalue weighted by Gasteiger charge is -2.22. The Morgan fingerprint density at radius 1 is 0.806 bits per heavy atom. The third-order valence-corrected chi connectivity index (χ3v) is 4.55. The highest BCUT2D eigenvalue weighted by atomic mass is 16.5. The van der Waals surface area contributed by atoms with Gasteiger partial charge in [-0.15, -0.1) is 0 Å². The standard InChI is InChI=1S/C25H23NO5/c1-3-30-25(29)21-14-8-7-11-19(21)17-26(18(2)27)24(28)22-15-9-10-16-23(22)31-20-12-5-4-6-13-20/h4-16H,3,17H2,1-2H3. The van der Waals surface area contributed by atoms with Gasteiger partial charge >= 0.3 is 5.97 Å². The zero-order chi connectivity index (χ0) is 22.2. The number of esters is 1. The van der Waals surface area contributed by atoms with E-state index in [1.165, 1.54) is 6.92 Å². The first kappa shape index (κ1) is 21.8. The van der Waals surface area contributed by atoms with E-state index >= 15 is 0 Å². The average Bonchev–Trinajstić information content (AvgIpc) is 2.78. The molecule has 2 amide bonds. The number of ether oxygens (including phenoxy) is 2. The molecule has 0 heterocycles. The summed E-state index contributed by atoms with van der Waals surface area (Å²) >= 11 is 0. The summed E-state index contributed by atoms with van der Waals surface area (Å²) in [5, 5.41) is 0. The van der Waals surface area contributed by atoms with Gasteiger partial charge in [0.1, 0.15) is 11.5 Å². The first-order chi connectivity index (χ1) is 15.0. The molecule has 0 atom stereocenters. The zero-order valence-electron chi connectivity index (χ0n) is 17.4. The fraction of sp³-hybridized carbons (Fsp3) is 0.160. The number of carbonyl (C=O) groups is 3. The van der Waals surface area contributed by atoms with Gasteiger partial charge in [0, 0.05) is 6.92 Å². The van der Waals surface area contributed by atoms with Crippen LogP contribution in [0.5, 0.6) is 11.5 Å². The molecule has 0 fully saturated rings. The molecule has 0 aromatic heterocycles. The second kappa shape index (κ2) is 10.2. The number of nitrogens with zero attached hydrogens (tertiary/aromatic N) is 1. The van der Waals surface area contributed by atoms with Crippen LogP contribution in [-0.2, 0) is 16.1 Å². The molecule has 0 radical (unpaired) electrons. The molecule has 3 rings (SSSR count). The molecular weight excluding hydrogens is 394 g/mol. The smallest absolute Gasteiger partial charge is 0.338 e. The number of benzene rings is 3. The van der Waals surface area contributed by atoms with Crippen molar-refractivity contribution >= 4 is 17.8 Å². The van der Waals surface area contributed by atoms with Crippen LogP contribution in [0.4, 0.5) is 0 Å². The Hall–Kier alpha value is -3.93. The van der Waals surface area contributed by atoms with Crippen molar-refractivity contribution in [2.45, 2.75) is 20.4 Å². The van der Waals surface area contributed by atoms with Crippen LogP contribution >= 0.6 is 0 Å². The average molecular weight is 417 g/mol. The molecule has 3 aromatic carbocycles. The predicted octanol–water partition coefficient (Wildman–Crippen LogP) is 4.84. The summed E-state index contributed by atoms with van der Waals surface area (Å²) in [6.45, 7) is 3.19. The predicted molar refractivity (Wildman–Crippen MR) is 116 cm³/mol. The Balaban J connectivity index is 1.91. The molecule has 0 spiro atoms. The van der Waals surface area contributed by atoms with Crippen LogP contribution < -0.4 is 4.74 Å². The van der Waals surface area contributed by atoms with E-state index in [9.17, 15) is 14.4 Å². The number of hydrogen-bond acceptors (Lipinski definition) is 5. The number of hydrogen-bond donors (Lipinski definition) is 0. The van der Waals surface area contributed by atoms with Gasteiger partial charge in [-0.05, 0) is 42.8 Å². The molecular formula is C25H23NO5. The number of imide groups is 1. The van der Waals surface area contributed by atoms with E-state index in [1.54, 1.807) is 67.6 Å². The van der Waals surface area contributed by atoms with Crippen molar-refractivity contribution in [1.82, 2.24) is 4.90 Å². The van der Waals surface area contributed by atoms with Gasteiger partial charge in [0.15, 0.2) is 0 Å². The lowest BCUT2D eigenvalue weighted by Crippen LogP contribution is -2.35. The largest absolute Gasteiger partial charge is 0.462 e. The van der Waals surface area contributed by atoms with E-state index in [4.69, 9.17) is 9.47 Å². The van der Waals surface area contributed by atoms with Crippen LogP contribution in [0.3, 0.4) is 0 Å². The van der Waals surface area contributed by atoms with E-state index in [2.05, 4.69) is 0 Å². The van der Waals surface area contributed by atoms with Crippen molar-refractivity contribution < 1.29 is 23.9 Å². The molecule has 31 heavy (non-hydrogen) atoms. The van der Waals surface area contributed by atoms with Crippen molar-refractivity contribution in [2.75, 3.05) is 6.61 Å². The molecule has 0 aliphatic carbocycles. The highest BCUT2D eigenvalue weighted by molar-refractivity contribution is 6.06. The van der Waals surface area contributed by atoms with Crippen molar-refractivity contribution in [3.8, 4) is 11.5 Å². The van der Waals surface area contributed by atoms with Gasteiger partial charge in [0.25, 0.3) is 5.91 Å². The van der Waals surface area contributed by atoms with E-state index in [-0.39, 0.29) is 18.7 Å². The maximum atomic E-state index is 13.3. The maximum Gasteiger partial charge on any atom is 0.338 e. The Morgan fingerprint density at radius 2 is 1.42 bits per heavy atom. The fourth-order valence-corrected chi connectivity index (χ4v) is 3.06. The van der Waals surface area contributed by atoms with Crippen molar-refractivity contribution in [3.05, 3.63) is 95.6 Å². The Kier molecular flexibility index (Phi) is 7.17. The van der Waals surface area contributed by atoms with Crippen LogP contribution in [0.2, 0.25) is 0 Å². The molecule has 0 saturated carbocycles. The Labute approximate surface area is 181 Å². The highest BCUT2D eigenvalue weighted by Gasteiger charge is 2.25. The third-order valence-electron chi connectivity index (χ3n) is 4.55. The molecule has 0 aliphatic heterocycles. The van der Waals surface area contributed by atoms with Crippen molar-refractivity contribution in [1.29, 1.82) is 0 Å². The molecule has 0 unspecified atom stereocenters. The summed E-state index contributed by atoms with van der Waals surface area (Å²) < 4.78 is 11.0. The van der Waals surface area contributed by atoms with E-state index in [0.29, 0.717) is 22.6 Å². The molecule has 0 aliphatic rings. The topological polar surface area (TPSA) is 72.9 Å². The number of amides is 2. The first-order valence-corrected chi connectivity index (χ1v) is 9.90. The second-order valence-electron chi connectivity index (χ2n) is 6.70. The normalized spacial score (nSPS) is 10.3. The number of para-hydroxylation sites is 2. The monoisotopic (exact) mass is 417 g/mol. The fourth-order valence-electron chi connectivity index (χ4n) is 3.06. The number of rotatable bonds is 7. The van der Waals surface area contributed by atoms with Gasteiger partial charge in [-0.25, -0.2) is 4.79 Å². The van der Waals surface area contributed by atoms with E-state index < -0.39 is 17.8 Å². The molecule has 0 saturated heterocycles. The van der Waals surface area contributed by atoms with Gasteiger partial charge in [-0.2, -0.15) is 0 Å². The van der Waals surface area contributed by atoms with Crippen LogP contribution in [0.25, 0.3) is 0 Å². The summed E-state index contributed by atoms with van der Waals surface area (Å²) in [6, 6.07) is 22.6. The second-order valence-corrected chi connectivity index (χ2v) is 6.70. The SMILES string of the molecule is CCOC(=O)c1ccccc1CN(C(C)=O)C(=O)c1ccccc1Oc1ccccc1. The Bertz CT molecular complexity index is 1080. The van der Waals surface area contributed by atoms with Gasteiger partial charge < -0.3 is 9.47 Å². The summed E-state index contributed by atoms with van der Waals surface area (Å²) in [7, 11) is 0. The molecule has 6 heteroatoms. The van der Waals surface area contributed by atoms with Crippen LogP contribution in [0, 0.1) is 0 Å². The van der Waals surface area contributed by atoms with E-state index in [0.717, 1.165) is 4.90 Å². The summed E-state index contributed by atoms with van der Waals surface area (Å²) in [5.74, 6) is -0.550. The van der Waals surface area contributed by atoms with Gasteiger partial charge in [0.05, 0.1) is 24.3 Å². The van der Waals surface area contributed by atoms with Gasteiger partial charge in [-0.3, -0.25) is 14.5 Å². The summed E-state index contributed by atoms with van der Waals surface area (Å²) in [6.07, 6.45) is 0.